The number of hydrogen-bond donors (Lipinski definition) is 2. The fourth-order valence-electron chi connectivity index (χ4n) is 1.57. The molecule has 2 N–H and O–H groups in total. The molecule has 0 amide bonds. The van der Waals surface area contributed by atoms with Crippen molar-refractivity contribution in [3.05, 3.63) is 29.8 Å². The van der Waals surface area contributed by atoms with Gasteiger partial charge in [-0.15, -0.1) is 0 Å². The van der Waals surface area contributed by atoms with Gasteiger partial charge in [-0.1, -0.05) is 26.0 Å². The van der Waals surface area contributed by atoms with E-state index in [2.05, 4.69) is 36.6 Å². The van der Waals surface area contributed by atoms with Gasteiger partial charge in [-0.05, 0) is 42.3 Å². The van der Waals surface area contributed by atoms with Gasteiger partial charge in [0.1, 0.15) is 0 Å². The molecular weight excluding hydrogens is 244 g/mol. The van der Waals surface area contributed by atoms with Crippen molar-refractivity contribution in [3.8, 4) is 0 Å². The summed E-state index contributed by atoms with van der Waals surface area (Å²) in [6.07, 6.45) is 0.949. The number of anilines is 1. The second kappa shape index (κ2) is 8.06. The standard InChI is InChI=1S/C14H22N2OS/c1-11(2)12-6-4-7-13(10-12)16-14(18)15-8-5-9-17-3/h4,6-7,10-11H,5,8-9H2,1-3H3,(H2,15,16,18). The van der Waals surface area contributed by atoms with E-state index in [4.69, 9.17) is 17.0 Å². The number of ether oxygens (including phenoxy) is 1. The minimum Gasteiger partial charge on any atom is -0.385 e. The first kappa shape index (κ1) is 14.9. The molecule has 3 nitrogen and oxygen atoms in total. The molecule has 1 aromatic rings. The van der Waals surface area contributed by atoms with Crippen LogP contribution < -0.4 is 10.6 Å². The SMILES string of the molecule is COCCCNC(=S)Nc1cccc(C(C)C)c1. The van der Waals surface area contributed by atoms with Gasteiger partial charge in [0.15, 0.2) is 5.11 Å². The lowest BCUT2D eigenvalue weighted by Gasteiger charge is -2.12. The van der Waals surface area contributed by atoms with Crippen molar-refractivity contribution in [2.75, 3.05) is 25.6 Å². The predicted molar refractivity (Wildman–Crippen MR) is 81.2 cm³/mol. The first-order valence-corrected chi connectivity index (χ1v) is 6.68. The summed E-state index contributed by atoms with van der Waals surface area (Å²) < 4.78 is 4.98. The number of methoxy groups -OCH3 is 1. The van der Waals surface area contributed by atoms with Crippen molar-refractivity contribution in [2.24, 2.45) is 0 Å². The van der Waals surface area contributed by atoms with Crippen LogP contribution in [0, 0.1) is 0 Å². The van der Waals surface area contributed by atoms with Crippen LogP contribution in [0.4, 0.5) is 5.69 Å². The molecule has 0 bridgehead atoms. The maximum Gasteiger partial charge on any atom is 0.170 e. The molecule has 0 atom stereocenters. The average molecular weight is 266 g/mol. The number of thiocarbonyl (C=S) groups is 1. The smallest absolute Gasteiger partial charge is 0.170 e. The molecule has 18 heavy (non-hydrogen) atoms. The Hall–Kier alpha value is -1.13. The summed E-state index contributed by atoms with van der Waals surface area (Å²) in [5.41, 5.74) is 2.34. The second-order valence-corrected chi connectivity index (χ2v) is 4.92. The fourth-order valence-corrected chi connectivity index (χ4v) is 1.79. The zero-order valence-corrected chi connectivity index (χ0v) is 12.1. The zero-order valence-electron chi connectivity index (χ0n) is 11.3. The summed E-state index contributed by atoms with van der Waals surface area (Å²) in [6.45, 7) is 5.93. The molecule has 0 heterocycles. The van der Waals surface area contributed by atoms with Crippen LogP contribution >= 0.6 is 12.2 Å². The van der Waals surface area contributed by atoms with Crippen LogP contribution in [0.5, 0.6) is 0 Å². The van der Waals surface area contributed by atoms with E-state index in [1.54, 1.807) is 7.11 Å². The molecule has 0 unspecified atom stereocenters. The van der Waals surface area contributed by atoms with Crippen LogP contribution in [0.2, 0.25) is 0 Å². The largest absolute Gasteiger partial charge is 0.385 e. The molecule has 1 rings (SSSR count). The lowest BCUT2D eigenvalue weighted by atomic mass is 10.0. The quantitative estimate of drug-likeness (QED) is 0.612. The molecule has 0 aliphatic heterocycles. The van der Waals surface area contributed by atoms with Crippen molar-refractivity contribution in [3.63, 3.8) is 0 Å². The lowest BCUT2D eigenvalue weighted by molar-refractivity contribution is 0.196. The van der Waals surface area contributed by atoms with E-state index in [-0.39, 0.29) is 0 Å². The molecular formula is C14H22N2OS. The maximum atomic E-state index is 5.23. The average Bonchev–Trinajstić information content (AvgIpc) is 2.35. The number of nitrogens with one attached hydrogen (secondary N) is 2. The van der Waals surface area contributed by atoms with Gasteiger partial charge in [0.25, 0.3) is 0 Å². The van der Waals surface area contributed by atoms with Crippen molar-refractivity contribution in [1.82, 2.24) is 5.32 Å². The molecule has 4 heteroatoms. The van der Waals surface area contributed by atoms with Crippen molar-refractivity contribution >= 4 is 23.0 Å². The summed E-state index contributed by atoms with van der Waals surface area (Å²) in [6, 6.07) is 8.33. The Kier molecular flexibility index (Phi) is 6.68. The van der Waals surface area contributed by atoms with Crippen molar-refractivity contribution in [1.29, 1.82) is 0 Å². The van der Waals surface area contributed by atoms with Gasteiger partial charge in [0.2, 0.25) is 0 Å². The Balaban J connectivity index is 2.41. The van der Waals surface area contributed by atoms with Crippen molar-refractivity contribution < 1.29 is 4.74 Å². The predicted octanol–water partition coefficient (Wildman–Crippen LogP) is 3.13. The van der Waals surface area contributed by atoms with Gasteiger partial charge >= 0.3 is 0 Å². The van der Waals surface area contributed by atoms with Crippen LogP contribution in [-0.4, -0.2) is 25.4 Å². The Labute approximate surface area is 115 Å². The Bertz CT molecular complexity index is 380. The van der Waals surface area contributed by atoms with Gasteiger partial charge in [-0.2, -0.15) is 0 Å². The van der Waals surface area contributed by atoms with E-state index >= 15 is 0 Å². The molecule has 0 aliphatic carbocycles. The molecule has 0 radical (unpaired) electrons. The number of hydrogen-bond acceptors (Lipinski definition) is 2. The number of benzene rings is 1. The van der Waals surface area contributed by atoms with Crippen LogP contribution in [0.15, 0.2) is 24.3 Å². The van der Waals surface area contributed by atoms with Gasteiger partial charge in [0.05, 0.1) is 0 Å². The monoisotopic (exact) mass is 266 g/mol. The third-order valence-electron chi connectivity index (χ3n) is 2.62. The molecule has 0 fully saturated rings. The maximum absolute atomic E-state index is 5.23. The Morgan fingerprint density at radius 2 is 2.17 bits per heavy atom. The third kappa shape index (κ3) is 5.47. The summed E-state index contributed by atoms with van der Waals surface area (Å²) in [5, 5.41) is 7.01. The van der Waals surface area contributed by atoms with E-state index in [0.29, 0.717) is 11.0 Å². The van der Waals surface area contributed by atoms with Gasteiger partial charge in [0, 0.05) is 25.9 Å². The Morgan fingerprint density at radius 1 is 1.39 bits per heavy atom. The molecule has 1 aromatic carbocycles. The highest BCUT2D eigenvalue weighted by molar-refractivity contribution is 7.80. The van der Waals surface area contributed by atoms with E-state index < -0.39 is 0 Å². The summed E-state index contributed by atoms with van der Waals surface area (Å²) in [5.74, 6) is 0.523. The molecule has 0 aliphatic rings. The fraction of sp³-hybridized carbons (Fsp3) is 0.500. The van der Waals surface area contributed by atoms with Crippen molar-refractivity contribution in [2.45, 2.75) is 26.2 Å². The molecule has 100 valence electrons. The minimum absolute atomic E-state index is 0.523. The minimum atomic E-state index is 0.523. The van der Waals surface area contributed by atoms with E-state index in [9.17, 15) is 0 Å². The normalized spacial score (nSPS) is 10.4. The van der Waals surface area contributed by atoms with Gasteiger partial charge in [-0.3, -0.25) is 0 Å². The summed E-state index contributed by atoms with van der Waals surface area (Å²) in [4.78, 5) is 0. The molecule has 0 aromatic heterocycles. The second-order valence-electron chi connectivity index (χ2n) is 4.51. The topological polar surface area (TPSA) is 33.3 Å². The summed E-state index contributed by atoms with van der Waals surface area (Å²) >= 11 is 5.23. The van der Waals surface area contributed by atoms with E-state index in [0.717, 1.165) is 25.3 Å². The highest BCUT2D eigenvalue weighted by atomic mass is 32.1. The van der Waals surface area contributed by atoms with Gasteiger partial charge in [-0.25, -0.2) is 0 Å². The molecule has 0 saturated heterocycles. The van der Waals surface area contributed by atoms with Gasteiger partial charge < -0.3 is 15.4 Å². The number of rotatable bonds is 6. The molecule has 0 saturated carbocycles. The van der Waals surface area contributed by atoms with E-state index in [1.807, 2.05) is 12.1 Å². The van der Waals surface area contributed by atoms with E-state index in [1.165, 1.54) is 5.56 Å². The van der Waals surface area contributed by atoms with Crippen LogP contribution in [0.3, 0.4) is 0 Å². The first-order chi connectivity index (χ1) is 8.63. The first-order valence-electron chi connectivity index (χ1n) is 6.27. The highest BCUT2D eigenvalue weighted by Gasteiger charge is 2.01. The van der Waals surface area contributed by atoms with Crippen LogP contribution in [0.25, 0.3) is 0 Å². The summed E-state index contributed by atoms with van der Waals surface area (Å²) in [7, 11) is 1.70. The van der Waals surface area contributed by atoms with Crippen LogP contribution in [0.1, 0.15) is 31.7 Å². The zero-order chi connectivity index (χ0) is 13.4. The molecule has 0 spiro atoms. The Morgan fingerprint density at radius 3 is 2.83 bits per heavy atom. The lowest BCUT2D eigenvalue weighted by Crippen LogP contribution is -2.29. The third-order valence-corrected chi connectivity index (χ3v) is 2.87. The van der Waals surface area contributed by atoms with Crippen LogP contribution in [-0.2, 0) is 4.74 Å². The highest BCUT2D eigenvalue weighted by Crippen LogP contribution is 2.18.